The van der Waals surface area contributed by atoms with Crippen LogP contribution in [0.1, 0.15) is 11.1 Å². The molecule has 3 N–H and O–H groups in total. The minimum absolute atomic E-state index is 0.105. The molecule has 1 aliphatic rings. The fraction of sp³-hybridized carbons (Fsp3) is 0.381. The summed E-state index contributed by atoms with van der Waals surface area (Å²) in [5.74, 6) is -0.122. The van der Waals surface area contributed by atoms with Crippen LogP contribution in [0.15, 0.2) is 54.6 Å². The van der Waals surface area contributed by atoms with Crippen LogP contribution in [0.4, 0.5) is 4.39 Å². The van der Waals surface area contributed by atoms with Crippen LogP contribution in [0.2, 0.25) is 0 Å². The van der Waals surface area contributed by atoms with E-state index in [2.05, 4.69) is 35.6 Å². The zero-order chi connectivity index (χ0) is 18.2. The molecule has 26 heavy (non-hydrogen) atoms. The fourth-order valence-electron chi connectivity index (χ4n) is 3.48. The molecule has 0 saturated carbocycles. The Morgan fingerprint density at radius 3 is 2.23 bits per heavy atom. The monoisotopic (exact) mass is 357 g/mol. The van der Waals surface area contributed by atoms with Crippen molar-refractivity contribution in [1.29, 1.82) is 0 Å². The van der Waals surface area contributed by atoms with Crippen LogP contribution < -0.4 is 15.1 Å². The highest BCUT2D eigenvalue weighted by molar-refractivity contribution is 5.76. The van der Waals surface area contributed by atoms with Crippen LogP contribution >= 0.6 is 0 Å². The highest BCUT2D eigenvalue weighted by Crippen LogP contribution is 2.02. The number of quaternary nitrogens is 2. The normalized spacial score (nSPS) is 19.9. The Hall–Kier alpha value is -2.24. The number of hydrogen-bond donors (Lipinski definition) is 3. The van der Waals surface area contributed by atoms with Crippen LogP contribution in [-0.4, -0.2) is 45.2 Å². The maximum atomic E-state index is 12.9. The molecule has 0 spiro atoms. The molecule has 0 atom stereocenters. The van der Waals surface area contributed by atoms with Gasteiger partial charge < -0.3 is 15.1 Å². The van der Waals surface area contributed by atoms with Crippen LogP contribution in [-0.2, 0) is 17.8 Å². The average molecular weight is 357 g/mol. The minimum Gasteiger partial charge on any atom is -0.351 e. The van der Waals surface area contributed by atoms with Gasteiger partial charge in [0.05, 0.1) is 0 Å². The molecule has 1 amide bonds. The molecule has 4 nitrogen and oxygen atoms in total. The Labute approximate surface area is 154 Å². The lowest BCUT2D eigenvalue weighted by Crippen LogP contribution is -3.28. The van der Waals surface area contributed by atoms with Crippen molar-refractivity contribution < 1.29 is 19.0 Å². The Kier molecular flexibility index (Phi) is 6.75. The summed E-state index contributed by atoms with van der Waals surface area (Å²) in [4.78, 5) is 15.1. The zero-order valence-electron chi connectivity index (χ0n) is 15.1. The van der Waals surface area contributed by atoms with Crippen molar-refractivity contribution >= 4 is 5.91 Å². The molecule has 0 bridgehead atoms. The Balaban J connectivity index is 1.32. The van der Waals surface area contributed by atoms with Gasteiger partial charge in [-0.15, -0.1) is 0 Å². The second-order valence-corrected chi connectivity index (χ2v) is 7.07. The smallest absolute Gasteiger partial charge is 0.275 e. The molecule has 1 aliphatic heterocycles. The fourth-order valence-corrected chi connectivity index (χ4v) is 3.48. The predicted molar refractivity (Wildman–Crippen MR) is 99.5 cm³/mol. The molecule has 0 aromatic heterocycles. The number of carbonyl (C=O) groups is 1. The van der Waals surface area contributed by atoms with Gasteiger partial charge in [0.25, 0.3) is 5.91 Å². The van der Waals surface area contributed by atoms with Gasteiger partial charge in [0.15, 0.2) is 6.54 Å². The van der Waals surface area contributed by atoms with Gasteiger partial charge in [0.2, 0.25) is 0 Å². The van der Waals surface area contributed by atoms with Gasteiger partial charge in [0.1, 0.15) is 38.5 Å². The van der Waals surface area contributed by atoms with E-state index in [4.69, 9.17) is 0 Å². The first kappa shape index (κ1) is 18.5. The summed E-state index contributed by atoms with van der Waals surface area (Å²) >= 11 is 0. The number of halogens is 1. The van der Waals surface area contributed by atoms with Crippen molar-refractivity contribution in [2.24, 2.45) is 0 Å². The quantitative estimate of drug-likeness (QED) is 0.612. The second kappa shape index (κ2) is 9.46. The number of amides is 1. The molecular formula is C21H28FN3O+2. The van der Waals surface area contributed by atoms with E-state index in [0.717, 1.165) is 44.7 Å². The third-order valence-corrected chi connectivity index (χ3v) is 5.02. The summed E-state index contributed by atoms with van der Waals surface area (Å²) in [5.41, 5.74) is 2.42. The number of nitrogens with one attached hydrogen (secondary N) is 3. The summed E-state index contributed by atoms with van der Waals surface area (Å²) < 4.78 is 12.9. The molecule has 5 heteroatoms. The van der Waals surface area contributed by atoms with Gasteiger partial charge in [-0.2, -0.15) is 0 Å². The van der Waals surface area contributed by atoms with Gasteiger partial charge >= 0.3 is 0 Å². The van der Waals surface area contributed by atoms with Crippen LogP contribution in [0.3, 0.4) is 0 Å². The van der Waals surface area contributed by atoms with Crippen molar-refractivity contribution in [1.82, 2.24) is 5.32 Å². The molecule has 138 valence electrons. The van der Waals surface area contributed by atoms with E-state index < -0.39 is 0 Å². The van der Waals surface area contributed by atoms with Gasteiger partial charge in [-0.1, -0.05) is 42.5 Å². The van der Waals surface area contributed by atoms with Crippen LogP contribution in [0.25, 0.3) is 0 Å². The lowest BCUT2D eigenvalue weighted by atomic mass is 10.1. The van der Waals surface area contributed by atoms with E-state index in [1.807, 2.05) is 0 Å². The molecule has 3 rings (SSSR count). The highest BCUT2D eigenvalue weighted by atomic mass is 19.1. The van der Waals surface area contributed by atoms with Gasteiger partial charge in [0, 0.05) is 12.1 Å². The third kappa shape index (κ3) is 5.93. The zero-order valence-corrected chi connectivity index (χ0v) is 15.1. The van der Waals surface area contributed by atoms with E-state index in [1.54, 1.807) is 17.0 Å². The minimum atomic E-state index is -0.227. The summed E-state index contributed by atoms with van der Waals surface area (Å²) in [7, 11) is 0. The second-order valence-electron chi connectivity index (χ2n) is 7.07. The van der Waals surface area contributed by atoms with E-state index in [9.17, 15) is 9.18 Å². The lowest BCUT2D eigenvalue weighted by molar-refractivity contribution is -1.02. The molecule has 0 unspecified atom stereocenters. The maximum absolute atomic E-state index is 12.9. The Morgan fingerprint density at radius 1 is 0.885 bits per heavy atom. The number of rotatable bonds is 7. The van der Waals surface area contributed by atoms with Crippen molar-refractivity contribution in [3.63, 3.8) is 0 Å². The van der Waals surface area contributed by atoms with Crippen LogP contribution in [0.5, 0.6) is 0 Å². The number of carbonyl (C=O) groups excluding carboxylic acids is 1. The lowest BCUT2D eigenvalue weighted by Gasteiger charge is -2.29. The molecule has 2 aromatic rings. The van der Waals surface area contributed by atoms with E-state index >= 15 is 0 Å². The summed E-state index contributed by atoms with van der Waals surface area (Å²) in [5, 5.41) is 2.98. The SMILES string of the molecule is O=C(C[NH+]1CC[NH+](Cc2ccccc2)CC1)NCCc1ccc(F)cc1. The number of hydrogen-bond acceptors (Lipinski definition) is 1. The molecule has 1 heterocycles. The third-order valence-electron chi connectivity index (χ3n) is 5.02. The van der Waals surface area contributed by atoms with Gasteiger partial charge in [-0.25, -0.2) is 4.39 Å². The molecule has 2 aromatic carbocycles. The van der Waals surface area contributed by atoms with E-state index in [-0.39, 0.29) is 11.7 Å². The molecule has 1 fully saturated rings. The summed E-state index contributed by atoms with van der Waals surface area (Å²) in [6, 6.07) is 17.0. The van der Waals surface area contributed by atoms with E-state index in [0.29, 0.717) is 13.1 Å². The first-order valence-corrected chi connectivity index (χ1v) is 9.41. The van der Waals surface area contributed by atoms with Crippen molar-refractivity contribution in [3.05, 3.63) is 71.5 Å². The van der Waals surface area contributed by atoms with Gasteiger partial charge in [-0.3, -0.25) is 4.79 Å². The van der Waals surface area contributed by atoms with Crippen molar-refractivity contribution in [2.75, 3.05) is 39.3 Å². The number of piperazine rings is 1. The first-order chi connectivity index (χ1) is 12.7. The van der Waals surface area contributed by atoms with E-state index in [1.165, 1.54) is 22.6 Å². The molecular weight excluding hydrogens is 329 g/mol. The summed E-state index contributed by atoms with van der Waals surface area (Å²) in [6.07, 6.45) is 0.732. The Morgan fingerprint density at radius 2 is 1.54 bits per heavy atom. The predicted octanol–water partition coefficient (Wildman–Crippen LogP) is -0.532. The molecule has 0 aliphatic carbocycles. The summed E-state index contributed by atoms with van der Waals surface area (Å²) in [6.45, 7) is 6.49. The van der Waals surface area contributed by atoms with Crippen molar-refractivity contribution in [2.45, 2.75) is 13.0 Å². The topological polar surface area (TPSA) is 38.0 Å². The maximum Gasteiger partial charge on any atom is 0.275 e. The largest absolute Gasteiger partial charge is 0.351 e. The average Bonchev–Trinajstić information content (AvgIpc) is 2.66. The first-order valence-electron chi connectivity index (χ1n) is 9.41. The molecule has 1 saturated heterocycles. The van der Waals surface area contributed by atoms with Gasteiger partial charge in [-0.05, 0) is 24.1 Å². The number of benzene rings is 2. The molecule has 0 radical (unpaired) electrons. The van der Waals surface area contributed by atoms with Crippen molar-refractivity contribution in [3.8, 4) is 0 Å². The van der Waals surface area contributed by atoms with Crippen LogP contribution in [0, 0.1) is 5.82 Å². The standard InChI is InChI=1S/C21H26FN3O/c22-20-8-6-18(7-9-20)10-11-23-21(26)17-25-14-12-24(13-15-25)16-19-4-2-1-3-5-19/h1-9H,10-17H2,(H,23,26)/p+2. The Bertz CT molecular complexity index is 682. The highest BCUT2D eigenvalue weighted by Gasteiger charge is 2.24.